The second kappa shape index (κ2) is 10.8. The molecule has 1 aliphatic carbocycles. The molecule has 0 aromatic rings. The molecule has 1 rings (SSSR count). The van der Waals surface area contributed by atoms with E-state index in [0.29, 0.717) is 11.8 Å². The lowest BCUT2D eigenvalue weighted by atomic mass is 9.86. The van der Waals surface area contributed by atoms with Crippen molar-refractivity contribution in [2.24, 2.45) is 11.8 Å². The molecular weight excluding hydrogens is 336 g/mol. The fourth-order valence-corrected chi connectivity index (χ4v) is 4.19. The zero-order valence-electron chi connectivity index (χ0n) is 17.6. The van der Waals surface area contributed by atoms with Gasteiger partial charge in [-0.1, -0.05) is 75.0 Å². The normalized spacial score (nSPS) is 21.7. The van der Waals surface area contributed by atoms with Gasteiger partial charge in [0.1, 0.15) is 0 Å². The van der Waals surface area contributed by atoms with Crippen LogP contribution in [0.1, 0.15) is 66.7 Å². The molecule has 3 atom stereocenters. The highest BCUT2D eigenvalue weighted by Crippen LogP contribution is 2.30. The summed E-state index contributed by atoms with van der Waals surface area (Å²) < 4.78 is 0. The lowest BCUT2D eigenvalue weighted by molar-refractivity contribution is 0.242. The molecule has 0 amide bonds. The van der Waals surface area contributed by atoms with E-state index < -0.39 is 0 Å². The first-order valence-corrected chi connectivity index (χ1v) is 10.4. The molecule has 2 nitrogen and oxygen atoms in total. The first-order valence-electron chi connectivity index (χ1n) is 10.0. The number of nitrogens with zero attached hydrogens (tertiary/aromatic N) is 1. The van der Waals surface area contributed by atoms with Crippen molar-refractivity contribution in [2.75, 3.05) is 7.05 Å². The summed E-state index contributed by atoms with van der Waals surface area (Å²) in [5.41, 5.74) is 5.73. The van der Waals surface area contributed by atoms with Crippen molar-refractivity contribution in [3.63, 3.8) is 0 Å². The summed E-state index contributed by atoms with van der Waals surface area (Å²) >= 11 is 5.40. The second-order valence-electron chi connectivity index (χ2n) is 7.65. The predicted molar refractivity (Wildman–Crippen MR) is 120 cm³/mol. The molecule has 0 saturated carbocycles. The van der Waals surface area contributed by atoms with E-state index in [1.54, 1.807) is 0 Å². The van der Waals surface area contributed by atoms with Gasteiger partial charge in [-0.2, -0.15) is 0 Å². The fourth-order valence-electron chi connectivity index (χ4n) is 3.91. The number of hydrazine groups is 1. The van der Waals surface area contributed by atoms with E-state index in [-0.39, 0.29) is 5.54 Å². The molecule has 26 heavy (non-hydrogen) atoms. The van der Waals surface area contributed by atoms with Gasteiger partial charge in [0.15, 0.2) is 0 Å². The standard InChI is InChI=1S/C23H38N2S/c1-8-20(18(3)4)12-10-13-21(9-2)22-14-11-16-23(6,17-15-22)25(24-7)19(5)26/h11,14-17,20-21,24H,3,8-10,12-13H2,1-2,4-7H3. The number of thiocarbonyl (C=S) groups is 1. The molecule has 0 fully saturated rings. The van der Waals surface area contributed by atoms with Crippen LogP contribution in [0.3, 0.4) is 0 Å². The monoisotopic (exact) mass is 374 g/mol. The van der Waals surface area contributed by atoms with Crippen LogP contribution in [-0.4, -0.2) is 22.6 Å². The van der Waals surface area contributed by atoms with Crippen LogP contribution in [0.25, 0.3) is 0 Å². The Morgan fingerprint density at radius 2 is 1.92 bits per heavy atom. The first kappa shape index (κ1) is 22.9. The Hall–Kier alpha value is -1.19. The molecule has 0 heterocycles. The highest BCUT2D eigenvalue weighted by molar-refractivity contribution is 7.80. The maximum atomic E-state index is 5.40. The first-order chi connectivity index (χ1) is 12.3. The lowest BCUT2D eigenvalue weighted by Crippen LogP contribution is -2.52. The van der Waals surface area contributed by atoms with Crippen molar-refractivity contribution < 1.29 is 0 Å². The summed E-state index contributed by atoms with van der Waals surface area (Å²) in [5.74, 6) is 1.28. The lowest BCUT2D eigenvalue weighted by Gasteiger charge is -2.37. The van der Waals surface area contributed by atoms with Crippen LogP contribution in [-0.2, 0) is 0 Å². The van der Waals surface area contributed by atoms with Gasteiger partial charge in [-0.25, -0.2) is 5.43 Å². The topological polar surface area (TPSA) is 15.3 Å². The highest BCUT2D eigenvalue weighted by Gasteiger charge is 2.27. The Balaban J connectivity index is 2.80. The maximum absolute atomic E-state index is 5.40. The van der Waals surface area contributed by atoms with Gasteiger partial charge >= 0.3 is 0 Å². The van der Waals surface area contributed by atoms with Gasteiger partial charge in [0.2, 0.25) is 0 Å². The Morgan fingerprint density at radius 3 is 2.42 bits per heavy atom. The van der Waals surface area contributed by atoms with Crippen LogP contribution >= 0.6 is 12.2 Å². The minimum atomic E-state index is -0.246. The molecule has 3 unspecified atom stereocenters. The van der Waals surface area contributed by atoms with Crippen LogP contribution in [0.5, 0.6) is 0 Å². The van der Waals surface area contributed by atoms with E-state index in [1.807, 2.05) is 19.0 Å². The van der Waals surface area contributed by atoms with Crippen molar-refractivity contribution in [3.8, 4) is 0 Å². The van der Waals surface area contributed by atoms with E-state index in [1.165, 1.54) is 43.3 Å². The van der Waals surface area contributed by atoms with Gasteiger partial charge in [-0.05, 0) is 63.9 Å². The van der Waals surface area contributed by atoms with E-state index in [2.05, 4.69) is 70.1 Å². The van der Waals surface area contributed by atoms with E-state index in [9.17, 15) is 0 Å². The van der Waals surface area contributed by atoms with Gasteiger partial charge in [0.05, 0.1) is 10.5 Å². The quantitative estimate of drug-likeness (QED) is 0.271. The third kappa shape index (κ3) is 6.21. The van der Waals surface area contributed by atoms with Gasteiger partial charge in [0.25, 0.3) is 0 Å². The zero-order valence-corrected chi connectivity index (χ0v) is 18.5. The van der Waals surface area contributed by atoms with Crippen LogP contribution in [0.2, 0.25) is 0 Å². The predicted octanol–water partition coefficient (Wildman–Crippen LogP) is 6.38. The molecule has 1 N–H and O–H groups in total. The molecule has 146 valence electrons. The number of hydrogen-bond acceptors (Lipinski definition) is 2. The average Bonchev–Trinajstić information content (AvgIpc) is 2.77. The maximum Gasteiger partial charge on any atom is 0.0907 e. The third-order valence-electron chi connectivity index (χ3n) is 5.61. The molecule has 0 aliphatic heterocycles. The van der Waals surface area contributed by atoms with Crippen LogP contribution in [0, 0.1) is 11.8 Å². The van der Waals surface area contributed by atoms with Crippen molar-refractivity contribution in [1.82, 2.24) is 10.4 Å². The molecule has 0 bridgehead atoms. The highest BCUT2D eigenvalue weighted by atomic mass is 32.1. The minimum Gasteiger partial charge on any atom is -0.289 e. The van der Waals surface area contributed by atoms with Crippen molar-refractivity contribution in [1.29, 1.82) is 0 Å². The third-order valence-corrected chi connectivity index (χ3v) is 5.80. The van der Waals surface area contributed by atoms with Gasteiger partial charge < -0.3 is 0 Å². The number of allylic oxidation sites excluding steroid dienone is 5. The van der Waals surface area contributed by atoms with E-state index in [4.69, 9.17) is 12.2 Å². The van der Waals surface area contributed by atoms with Crippen LogP contribution < -0.4 is 5.43 Å². The molecule has 1 aliphatic rings. The molecule has 0 spiro atoms. The summed E-state index contributed by atoms with van der Waals surface area (Å²) in [6.07, 6.45) is 17.4. The van der Waals surface area contributed by atoms with Crippen molar-refractivity contribution in [2.45, 2.75) is 72.3 Å². The number of hydrogen-bond donors (Lipinski definition) is 1. The van der Waals surface area contributed by atoms with Crippen molar-refractivity contribution in [3.05, 3.63) is 48.1 Å². The number of nitrogens with one attached hydrogen (secondary N) is 1. The average molecular weight is 375 g/mol. The van der Waals surface area contributed by atoms with Gasteiger partial charge in [-0.3, -0.25) is 5.01 Å². The van der Waals surface area contributed by atoms with Crippen molar-refractivity contribution >= 4 is 17.2 Å². The smallest absolute Gasteiger partial charge is 0.0907 e. The number of rotatable bonds is 10. The molecule has 0 saturated heterocycles. The van der Waals surface area contributed by atoms with E-state index in [0.717, 1.165) is 4.99 Å². The Kier molecular flexibility index (Phi) is 9.52. The Morgan fingerprint density at radius 1 is 1.23 bits per heavy atom. The molecule has 0 radical (unpaired) electrons. The van der Waals surface area contributed by atoms with Gasteiger partial charge in [0, 0.05) is 7.05 Å². The second-order valence-corrected chi connectivity index (χ2v) is 8.24. The molecule has 0 aromatic heterocycles. The summed E-state index contributed by atoms with van der Waals surface area (Å²) in [4.78, 5) is 0.838. The Labute approximate surface area is 167 Å². The molecule has 0 aromatic carbocycles. The zero-order chi connectivity index (χ0) is 19.7. The summed E-state index contributed by atoms with van der Waals surface area (Å²) in [6, 6.07) is 0. The van der Waals surface area contributed by atoms with Crippen LogP contribution in [0.15, 0.2) is 48.1 Å². The molecule has 3 heteroatoms. The van der Waals surface area contributed by atoms with Gasteiger partial charge in [-0.15, -0.1) is 0 Å². The fraction of sp³-hybridized carbons (Fsp3) is 0.609. The summed E-state index contributed by atoms with van der Waals surface area (Å²) in [5, 5.41) is 2.03. The SMILES string of the molecule is C=C(C)C(CC)CCCC(CC)C1=CC=CC(C)(N(NC)C(C)=S)C=C1. The molecular formula is C23H38N2S. The van der Waals surface area contributed by atoms with Crippen LogP contribution in [0.4, 0.5) is 0 Å². The summed E-state index contributed by atoms with van der Waals surface area (Å²) in [6.45, 7) is 15.0. The summed E-state index contributed by atoms with van der Waals surface area (Å²) in [7, 11) is 1.92. The largest absolute Gasteiger partial charge is 0.289 e. The minimum absolute atomic E-state index is 0.246. The van der Waals surface area contributed by atoms with E-state index >= 15 is 0 Å². The Bertz CT molecular complexity index is 573.